The molecule has 0 aromatic heterocycles. The van der Waals surface area contributed by atoms with Gasteiger partial charge in [-0.25, -0.2) is 13.8 Å². The summed E-state index contributed by atoms with van der Waals surface area (Å²) in [5.41, 5.74) is 1.66. The Hall–Kier alpha value is -1.48. The molecule has 0 bridgehead atoms. The van der Waals surface area contributed by atoms with E-state index < -0.39 is 28.5 Å². The van der Waals surface area contributed by atoms with Crippen molar-refractivity contribution in [1.29, 1.82) is 0 Å². The number of hydrogen-bond donors (Lipinski definition) is 1. The molecule has 2 rings (SSSR count). The molecule has 128 valence electrons. The maximum Gasteiger partial charge on any atom is 0.424 e. The summed E-state index contributed by atoms with van der Waals surface area (Å²) in [5, 5.41) is 0. The van der Waals surface area contributed by atoms with Crippen LogP contribution >= 0.6 is 0 Å². The summed E-state index contributed by atoms with van der Waals surface area (Å²) in [6.45, 7) is 7.20. The lowest BCUT2D eigenvalue weighted by Gasteiger charge is -2.32. The molecular formula is C15H23N2O5S+. The lowest BCUT2D eigenvalue weighted by Crippen LogP contribution is -2.76. The van der Waals surface area contributed by atoms with E-state index in [1.165, 1.54) is 0 Å². The van der Waals surface area contributed by atoms with Crippen LogP contribution in [0.5, 0.6) is 0 Å². The number of carbonyl (C=O) groups is 1. The summed E-state index contributed by atoms with van der Waals surface area (Å²) in [5.74, 6) is 0. The van der Waals surface area contributed by atoms with E-state index in [2.05, 4.69) is 0 Å². The molecule has 1 amide bonds. The Kier molecular flexibility index (Phi) is 5.10. The summed E-state index contributed by atoms with van der Waals surface area (Å²) in [4.78, 5) is 17.5. The third-order valence-electron chi connectivity index (χ3n) is 3.36. The van der Waals surface area contributed by atoms with Gasteiger partial charge in [0.25, 0.3) is 11.3 Å². The molecule has 1 aromatic rings. The van der Waals surface area contributed by atoms with E-state index in [4.69, 9.17) is 13.8 Å². The van der Waals surface area contributed by atoms with Crippen molar-refractivity contribution in [2.45, 2.75) is 38.8 Å². The molecule has 0 saturated carbocycles. The van der Waals surface area contributed by atoms with Crippen molar-refractivity contribution in [3.8, 4) is 0 Å². The van der Waals surface area contributed by atoms with Gasteiger partial charge in [-0.15, -0.1) is 0 Å². The van der Waals surface area contributed by atoms with E-state index in [-0.39, 0.29) is 6.61 Å². The van der Waals surface area contributed by atoms with E-state index in [1.807, 2.05) is 24.3 Å². The minimum absolute atomic E-state index is 0.120. The molecule has 7 nitrogen and oxygen atoms in total. The quantitative estimate of drug-likeness (QED) is 0.664. The summed E-state index contributed by atoms with van der Waals surface area (Å²) in [6.07, 6.45) is -0.669. The highest BCUT2D eigenvalue weighted by molar-refractivity contribution is 7.78. The van der Waals surface area contributed by atoms with Crippen LogP contribution < -0.4 is 5.48 Å². The van der Waals surface area contributed by atoms with E-state index in [1.54, 1.807) is 40.3 Å². The highest BCUT2D eigenvalue weighted by Crippen LogP contribution is 2.37. The lowest BCUT2D eigenvalue weighted by molar-refractivity contribution is -0.830. The Morgan fingerprint density at radius 2 is 2.13 bits per heavy atom. The fourth-order valence-corrected chi connectivity index (χ4v) is 3.37. The van der Waals surface area contributed by atoms with Crippen molar-refractivity contribution < 1.29 is 28.2 Å². The van der Waals surface area contributed by atoms with Crippen LogP contribution in [0.1, 0.15) is 33.3 Å². The van der Waals surface area contributed by atoms with Crippen LogP contribution in [-0.2, 0) is 30.6 Å². The number of quaternary nitrogens is 1. The number of ether oxygens (including phenoxy) is 1. The topological polar surface area (TPSA) is 81.7 Å². The molecule has 8 heteroatoms. The molecule has 0 aliphatic carbocycles. The number of carbonyl (C=O) groups excluding carboxylic acids is 1. The molecule has 2 atom stereocenters. The lowest BCUT2D eigenvalue weighted by atomic mass is 9.92. The predicted octanol–water partition coefficient (Wildman–Crippen LogP) is 1.50. The maximum atomic E-state index is 12.5. The van der Waals surface area contributed by atoms with Crippen LogP contribution in [0.15, 0.2) is 24.3 Å². The second-order valence-electron chi connectivity index (χ2n) is 6.51. The monoisotopic (exact) mass is 343 g/mol. The van der Waals surface area contributed by atoms with Crippen molar-refractivity contribution in [2.24, 2.45) is 0 Å². The fraction of sp³-hybridized carbons (Fsp3) is 0.533. The van der Waals surface area contributed by atoms with Crippen LogP contribution in [0.4, 0.5) is 10.5 Å². The van der Waals surface area contributed by atoms with Gasteiger partial charge < -0.3 is 4.74 Å². The highest BCUT2D eigenvalue weighted by Gasteiger charge is 2.49. The summed E-state index contributed by atoms with van der Waals surface area (Å²) in [7, 11) is 1.56. The first-order chi connectivity index (χ1) is 10.7. The molecule has 1 aliphatic heterocycles. The second-order valence-corrected chi connectivity index (χ2v) is 7.54. The van der Waals surface area contributed by atoms with Crippen molar-refractivity contribution in [2.75, 3.05) is 13.7 Å². The van der Waals surface area contributed by atoms with Gasteiger partial charge in [0.1, 0.15) is 11.1 Å². The molecule has 23 heavy (non-hydrogen) atoms. The highest BCUT2D eigenvalue weighted by atomic mass is 32.2. The van der Waals surface area contributed by atoms with Gasteiger partial charge in [-0.3, -0.25) is 4.18 Å². The minimum Gasteiger partial charge on any atom is -0.443 e. The summed E-state index contributed by atoms with van der Waals surface area (Å²) < 4.78 is 23.9. The van der Waals surface area contributed by atoms with Crippen molar-refractivity contribution in [1.82, 2.24) is 4.31 Å². The second kappa shape index (κ2) is 6.56. The molecule has 1 heterocycles. The Labute approximate surface area is 138 Å². The molecule has 2 N–H and O–H groups in total. The average Bonchev–Trinajstić information content (AvgIpc) is 2.74. The normalized spacial score (nSPS) is 24.7. The van der Waals surface area contributed by atoms with Gasteiger partial charge in [0.15, 0.2) is 5.69 Å². The Morgan fingerprint density at radius 3 is 2.74 bits per heavy atom. The van der Waals surface area contributed by atoms with E-state index in [0.29, 0.717) is 0 Å². The first-order valence-electron chi connectivity index (χ1n) is 7.22. The molecule has 1 saturated heterocycles. The van der Waals surface area contributed by atoms with Crippen LogP contribution in [0.3, 0.4) is 0 Å². The van der Waals surface area contributed by atoms with Gasteiger partial charge in [0, 0.05) is 12.1 Å². The number of hydrogen-bond acceptors (Lipinski definition) is 5. The Morgan fingerprint density at radius 1 is 1.43 bits per heavy atom. The molecule has 1 aromatic carbocycles. The third-order valence-corrected chi connectivity index (χ3v) is 4.53. The molecule has 1 aliphatic rings. The van der Waals surface area contributed by atoms with Gasteiger partial charge in [-0.2, -0.15) is 9.79 Å². The maximum absolute atomic E-state index is 12.5. The first kappa shape index (κ1) is 17.9. The standard InChI is InChI=1S/C15H22N2O5S/c1-14(2,3)22-13(18)17-15(4,10-21-23(17)19)11-7-6-8-12(9-11)16-20-5/h6-9,16H,10H2,1-5H3/p+1. The molecular weight excluding hydrogens is 320 g/mol. The summed E-state index contributed by atoms with van der Waals surface area (Å²) >= 11 is -1.89. The minimum atomic E-state index is -1.89. The third kappa shape index (κ3) is 3.89. The molecule has 2 unspecified atom stereocenters. The predicted molar refractivity (Wildman–Crippen MR) is 84.6 cm³/mol. The Bertz CT molecular complexity index is 616. The van der Waals surface area contributed by atoms with Crippen molar-refractivity contribution in [3.63, 3.8) is 0 Å². The molecule has 1 fully saturated rings. The van der Waals surface area contributed by atoms with Gasteiger partial charge in [0.2, 0.25) is 0 Å². The van der Waals surface area contributed by atoms with E-state index >= 15 is 0 Å². The average molecular weight is 343 g/mol. The van der Waals surface area contributed by atoms with E-state index in [9.17, 15) is 9.00 Å². The zero-order chi connectivity index (χ0) is 17.3. The summed E-state index contributed by atoms with van der Waals surface area (Å²) in [6, 6.07) is 7.45. The zero-order valence-corrected chi connectivity index (χ0v) is 14.8. The Balaban J connectivity index is 2.36. The largest absolute Gasteiger partial charge is 0.443 e. The zero-order valence-electron chi connectivity index (χ0n) is 14.0. The number of nitrogens with zero attached hydrogens (tertiary/aromatic N) is 1. The number of rotatable bonds is 3. The smallest absolute Gasteiger partial charge is 0.424 e. The van der Waals surface area contributed by atoms with E-state index in [0.717, 1.165) is 15.6 Å². The number of nitrogens with two attached hydrogens (primary N) is 1. The molecule has 0 radical (unpaired) electrons. The molecule has 0 spiro atoms. The van der Waals surface area contributed by atoms with Crippen LogP contribution in [0.25, 0.3) is 0 Å². The number of benzene rings is 1. The van der Waals surface area contributed by atoms with Gasteiger partial charge >= 0.3 is 6.09 Å². The van der Waals surface area contributed by atoms with Gasteiger partial charge in [-0.05, 0) is 33.3 Å². The van der Waals surface area contributed by atoms with Crippen molar-refractivity contribution >= 4 is 23.0 Å². The number of amides is 1. The first-order valence-corrected chi connectivity index (χ1v) is 8.25. The van der Waals surface area contributed by atoms with Crippen molar-refractivity contribution in [3.05, 3.63) is 29.8 Å². The fourth-order valence-electron chi connectivity index (χ4n) is 2.29. The van der Waals surface area contributed by atoms with Crippen LogP contribution in [0.2, 0.25) is 0 Å². The van der Waals surface area contributed by atoms with Gasteiger partial charge in [0.05, 0.1) is 13.7 Å². The van der Waals surface area contributed by atoms with Crippen LogP contribution in [-0.4, -0.2) is 33.9 Å². The van der Waals surface area contributed by atoms with Crippen LogP contribution in [0, 0.1) is 0 Å². The SMILES string of the molecule is CO[NH2+]c1cccc(C2(C)COS(=O)N2C(=O)OC(C)(C)C)c1. The van der Waals surface area contributed by atoms with Gasteiger partial charge in [-0.1, -0.05) is 12.1 Å².